The van der Waals surface area contributed by atoms with E-state index in [1.165, 1.54) is 6.07 Å². The van der Waals surface area contributed by atoms with Crippen molar-refractivity contribution in [3.8, 4) is 0 Å². The maximum absolute atomic E-state index is 12.4. The second kappa shape index (κ2) is 6.95. The number of pyridine rings is 2. The summed E-state index contributed by atoms with van der Waals surface area (Å²) in [5.41, 5.74) is 2.78. The van der Waals surface area contributed by atoms with E-state index >= 15 is 0 Å². The molecular formula is C18H18N4O2. The molecular weight excluding hydrogens is 304 g/mol. The first-order valence-electron chi connectivity index (χ1n) is 7.70. The Bertz CT molecular complexity index is 933. The van der Waals surface area contributed by atoms with Gasteiger partial charge in [0.1, 0.15) is 0 Å². The summed E-state index contributed by atoms with van der Waals surface area (Å²) in [4.78, 5) is 30.9. The monoisotopic (exact) mass is 322 g/mol. The maximum Gasteiger partial charge on any atom is 0.252 e. The molecule has 0 bridgehead atoms. The van der Waals surface area contributed by atoms with Crippen molar-refractivity contribution in [1.82, 2.24) is 15.3 Å². The molecule has 0 aliphatic rings. The first kappa shape index (κ1) is 15.7. The van der Waals surface area contributed by atoms with Crippen LogP contribution in [0, 0.1) is 6.92 Å². The number of fused-ring (bicyclic) bond motifs is 1. The van der Waals surface area contributed by atoms with E-state index in [0.29, 0.717) is 24.2 Å². The number of nitrogens with zero attached hydrogens (tertiary/aromatic N) is 1. The van der Waals surface area contributed by atoms with Gasteiger partial charge in [-0.1, -0.05) is 18.2 Å². The molecule has 1 amide bonds. The summed E-state index contributed by atoms with van der Waals surface area (Å²) >= 11 is 0. The molecule has 0 atom stereocenters. The largest absolute Gasteiger partial charge is 0.383 e. The SMILES string of the molecule is Cc1cnccc1NCCNC(=O)c1cc(=O)[nH]c2ccccc12. The van der Waals surface area contributed by atoms with Gasteiger partial charge in [0.25, 0.3) is 5.91 Å². The van der Waals surface area contributed by atoms with Crippen molar-refractivity contribution in [2.75, 3.05) is 18.4 Å². The molecule has 3 rings (SSSR count). The number of amides is 1. The summed E-state index contributed by atoms with van der Waals surface area (Å²) in [5, 5.41) is 6.81. The standard InChI is InChI=1S/C18H18N4O2/c1-12-11-19-7-6-15(12)20-8-9-21-18(24)14-10-17(23)22-16-5-3-2-4-13(14)16/h2-7,10-11H,8-9H2,1H3,(H,19,20)(H,21,24)(H,22,23). The molecule has 0 unspecified atom stereocenters. The van der Waals surface area contributed by atoms with Crippen molar-refractivity contribution < 1.29 is 4.79 Å². The van der Waals surface area contributed by atoms with Crippen LogP contribution in [0.5, 0.6) is 0 Å². The summed E-state index contributed by atoms with van der Waals surface area (Å²) in [6.45, 7) is 3.00. The number of aryl methyl sites for hydroxylation is 1. The van der Waals surface area contributed by atoms with Crippen LogP contribution >= 0.6 is 0 Å². The normalized spacial score (nSPS) is 10.5. The highest BCUT2D eigenvalue weighted by Gasteiger charge is 2.10. The van der Waals surface area contributed by atoms with Crippen LogP contribution in [0.15, 0.2) is 53.6 Å². The number of hydrogen-bond acceptors (Lipinski definition) is 4. The van der Waals surface area contributed by atoms with Crippen molar-refractivity contribution in [3.05, 3.63) is 70.3 Å². The van der Waals surface area contributed by atoms with Gasteiger partial charge in [-0.25, -0.2) is 0 Å². The Morgan fingerprint density at radius 3 is 2.88 bits per heavy atom. The average molecular weight is 322 g/mol. The number of carbonyl (C=O) groups excluding carboxylic acids is 1. The van der Waals surface area contributed by atoms with Gasteiger partial charge < -0.3 is 15.6 Å². The average Bonchev–Trinajstić information content (AvgIpc) is 2.59. The third-order valence-electron chi connectivity index (χ3n) is 3.74. The molecule has 6 heteroatoms. The van der Waals surface area contributed by atoms with Crippen molar-refractivity contribution >= 4 is 22.5 Å². The van der Waals surface area contributed by atoms with E-state index in [2.05, 4.69) is 20.6 Å². The van der Waals surface area contributed by atoms with E-state index in [1.807, 2.05) is 31.2 Å². The molecule has 24 heavy (non-hydrogen) atoms. The number of nitrogens with one attached hydrogen (secondary N) is 3. The fourth-order valence-corrected chi connectivity index (χ4v) is 2.53. The highest BCUT2D eigenvalue weighted by molar-refractivity contribution is 6.05. The van der Waals surface area contributed by atoms with E-state index in [4.69, 9.17) is 0 Å². The molecule has 0 fully saturated rings. The smallest absolute Gasteiger partial charge is 0.252 e. The quantitative estimate of drug-likeness (QED) is 0.628. The minimum atomic E-state index is -0.288. The van der Waals surface area contributed by atoms with Crippen LogP contribution in [0.25, 0.3) is 10.9 Å². The van der Waals surface area contributed by atoms with E-state index in [1.54, 1.807) is 18.5 Å². The Morgan fingerprint density at radius 2 is 2.04 bits per heavy atom. The zero-order chi connectivity index (χ0) is 16.9. The summed E-state index contributed by atoms with van der Waals surface area (Å²) < 4.78 is 0. The van der Waals surface area contributed by atoms with Crippen molar-refractivity contribution in [3.63, 3.8) is 0 Å². The van der Waals surface area contributed by atoms with Crippen LogP contribution in [0.2, 0.25) is 0 Å². The van der Waals surface area contributed by atoms with Gasteiger partial charge in [0.15, 0.2) is 0 Å². The number of H-pyrrole nitrogens is 1. The number of rotatable bonds is 5. The zero-order valence-corrected chi connectivity index (χ0v) is 13.3. The van der Waals surface area contributed by atoms with Crippen LogP contribution in [0.3, 0.4) is 0 Å². The van der Waals surface area contributed by atoms with E-state index < -0.39 is 0 Å². The molecule has 6 nitrogen and oxygen atoms in total. The summed E-state index contributed by atoms with van der Waals surface area (Å²) in [5.74, 6) is -0.259. The molecule has 0 saturated carbocycles. The lowest BCUT2D eigenvalue weighted by Gasteiger charge is -2.10. The predicted molar refractivity (Wildman–Crippen MR) is 94.4 cm³/mol. The van der Waals surface area contributed by atoms with Gasteiger partial charge in [0, 0.05) is 48.1 Å². The fraction of sp³-hybridized carbons (Fsp3) is 0.167. The molecule has 0 saturated heterocycles. The zero-order valence-electron chi connectivity index (χ0n) is 13.3. The number of anilines is 1. The van der Waals surface area contributed by atoms with Gasteiger partial charge in [-0.05, 0) is 24.6 Å². The molecule has 3 aromatic rings. The predicted octanol–water partition coefficient (Wildman–Crippen LogP) is 2.07. The minimum absolute atomic E-state index is 0.259. The highest BCUT2D eigenvalue weighted by atomic mass is 16.2. The molecule has 1 aromatic carbocycles. The second-order valence-corrected chi connectivity index (χ2v) is 5.47. The van der Waals surface area contributed by atoms with E-state index in [-0.39, 0.29) is 11.5 Å². The van der Waals surface area contributed by atoms with Gasteiger partial charge in [0.05, 0.1) is 5.56 Å². The van der Waals surface area contributed by atoms with Crippen LogP contribution < -0.4 is 16.2 Å². The lowest BCUT2D eigenvalue weighted by atomic mass is 10.1. The van der Waals surface area contributed by atoms with Gasteiger partial charge in [-0.3, -0.25) is 14.6 Å². The van der Waals surface area contributed by atoms with Crippen LogP contribution in [-0.2, 0) is 0 Å². The molecule has 0 aliphatic heterocycles. The summed E-state index contributed by atoms with van der Waals surface area (Å²) in [6, 6.07) is 10.5. The lowest BCUT2D eigenvalue weighted by molar-refractivity contribution is 0.0956. The molecule has 0 radical (unpaired) electrons. The third-order valence-corrected chi connectivity index (χ3v) is 3.74. The van der Waals surface area contributed by atoms with Gasteiger partial charge in [-0.2, -0.15) is 0 Å². The Hall–Kier alpha value is -3.15. The topological polar surface area (TPSA) is 86.9 Å². The Labute approximate surface area is 138 Å². The molecule has 0 aliphatic carbocycles. The van der Waals surface area contributed by atoms with Crippen LogP contribution in [-0.4, -0.2) is 29.0 Å². The van der Waals surface area contributed by atoms with Crippen LogP contribution in [0.4, 0.5) is 5.69 Å². The number of hydrogen-bond donors (Lipinski definition) is 3. The number of carbonyl (C=O) groups is 1. The summed E-state index contributed by atoms with van der Waals surface area (Å²) in [6.07, 6.45) is 3.50. The maximum atomic E-state index is 12.4. The first-order valence-corrected chi connectivity index (χ1v) is 7.70. The Balaban J connectivity index is 1.66. The van der Waals surface area contributed by atoms with Crippen LogP contribution in [0.1, 0.15) is 15.9 Å². The molecule has 0 spiro atoms. The molecule has 3 N–H and O–H groups in total. The Morgan fingerprint density at radius 1 is 1.21 bits per heavy atom. The lowest BCUT2D eigenvalue weighted by Crippen LogP contribution is -2.30. The van der Waals surface area contributed by atoms with Gasteiger partial charge in [-0.15, -0.1) is 0 Å². The van der Waals surface area contributed by atoms with Crippen molar-refractivity contribution in [1.29, 1.82) is 0 Å². The van der Waals surface area contributed by atoms with E-state index in [9.17, 15) is 9.59 Å². The fourth-order valence-electron chi connectivity index (χ4n) is 2.53. The van der Waals surface area contributed by atoms with E-state index in [0.717, 1.165) is 16.6 Å². The van der Waals surface area contributed by atoms with Gasteiger partial charge in [0.2, 0.25) is 5.56 Å². The molecule has 2 aromatic heterocycles. The highest BCUT2D eigenvalue weighted by Crippen LogP contribution is 2.14. The second-order valence-electron chi connectivity index (χ2n) is 5.47. The Kier molecular flexibility index (Phi) is 4.56. The molecule has 122 valence electrons. The number of aromatic amines is 1. The minimum Gasteiger partial charge on any atom is -0.383 e. The van der Waals surface area contributed by atoms with Crippen molar-refractivity contribution in [2.45, 2.75) is 6.92 Å². The number of para-hydroxylation sites is 1. The number of benzene rings is 1. The molecule has 2 heterocycles. The number of aromatic nitrogens is 2. The van der Waals surface area contributed by atoms with Gasteiger partial charge >= 0.3 is 0 Å². The van der Waals surface area contributed by atoms with Crippen molar-refractivity contribution in [2.24, 2.45) is 0 Å². The third kappa shape index (κ3) is 3.43. The first-order chi connectivity index (χ1) is 11.6. The summed E-state index contributed by atoms with van der Waals surface area (Å²) in [7, 11) is 0.